The first-order chi connectivity index (χ1) is 4.48. The SMILES string of the molecule is CCP(=S)([S-])OCC(C)C. The van der Waals surface area contributed by atoms with E-state index in [4.69, 9.17) is 28.6 Å². The molecule has 0 aromatic heterocycles. The molecule has 0 radical (unpaired) electrons. The Hall–Kier alpha value is 0.960. The molecule has 0 heterocycles. The van der Waals surface area contributed by atoms with Crippen molar-refractivity contribution in [1.29, 1.82) is 0 Å². The average molecular weight is 197 g/mol. The summed E-state index contributed by atoms with van der Waals surface area (Å²) in [6.07, 6.45) is 0.824. The van der Waals surface area contributed by atoms with E-state index in [0.717, 1.165) is 6.16 Å². The molecule has 0 aromatic rings. The highest BCUT2D eigenvalue weighted by Crippen LogP contribution is 2.44. The van der Waals surface area contributed by atoms with Crippen LogP contribution in [0.5, 0.6) is 0 Å². The standard InChI is InChI=1S/C6H15OPS2/c1-4-8(9,10)7-5-6(2)3/h6H,4-5H2,1-3H3,(H,9,10)/p-1. The van der Waals surface area contributed by atoms with Gasteiger partial charge in [0.2, 0.25) is 0 Å². The third-order valence-corrected chi connectivity index (χ3v) is 4.49. The Morgan fingerprint density at radius 1 is 1.60 bits per heavy atom. The molecule has 10 heavy (non-hydrogen) atoms. The van der Waals surface area contributed by atoms with Gasteiger partial charge in [-0.15, -0.1) is 0 Å². The van der Waals surface area contributed by atoms with Crippen molar-refractivity contribution in [2.45, 2.75) is 20.8 Å². The van der Waals surface area contributed by atoms with E-state index in [9.17, 15) is 0 Å². The minimum atomic E-state index is -1.81. The predicted molar refractivity (Wildman–Crippen MR) is 53.0 cm³/mol. The predicted octanol–water partition coefficient (Wildman–Crippen LogP) is 2.54. The van der Waals surface area contributed by atoms with Crippen molar-refractivity contribution in [3.05, 3.63) is 0 Å². The van der Waals surface area contributed by atoms with Gasteiger partial charge in [0.05, 0.1) is 6.61 Å². The highest BCUT2D eigenvalue weighted by molar-refractivity contribution is 8.53. The quantitative estimate of drug-likeness (QED) is 0.506. The van der Waals surface area contributed by atoms with Gasteiger partial charge in [0, 0.05) is 0 Å². The van der Waals surface area contributed by atoms with Crippen LogP contribution < -0.4 is 0 Å². The van der Waals surface area contributed by atoms with Crippen molar-refractivity contribution in [3.8, 4) is 0 Å². The van der Waals surface area contributed by atoms with Gasteiger partial charge >= 0.3 is 0 Å². The minimum Gasteiger partial charge on any atom is -0.719 e. The van der Waals surface area contributed by atoms with E-state index >= 15 is 0 Å². The molecule has 0 bridgehead atoms. The van der Waals surface area contributed by atoms with Crippen LogP contribution in [0.1, 0.15) is 20.8 Å². The summed E-state index contributed by atoms with van der Waals surface area (Å²) in [4.78, 5) is 0. The Morgan fingerprint density at radius 3 is 2.40 bits per heavy atom. The summed E-state index contributed by atoms with van der Waals surface area (Å²) in [6, 6.07) is 0. The zero-order chi connectivity index (χ0) is 8.20. The lowest BCUT2D eigenvalue weighted by atomic mass is 10.2. The normalized spacial score (nSPS) is 17.3. The van der Waals surface area contributed by atoms with Crippen LogP contribution in [-0.2, 0) is 28.6 Å². The number of rotatable bonds is 4. The molecule has 0 N–H and O–H groups in total. The molecule has 0 aliphatic heterocycles. The molecular formula is C6H14OPS2-. The van der Waals surface area contributed by atoms with Crippen LogP contribution in [0.3, 0.4) is 0 Å². The van der Waals surface area contributed by atoms with Gasteiger partial charge in [-0.25, -0.2) is 0 Å². The minimum absolute atomic E-state index is 0.539. The lowest BCUT2D eigenvalue weighted by molar-refractivity contribution is 0.303. The van der Waals surface area contributed by atoms with E-state index in [2.05, 4.69) is 13.8 Å². The third kappa shape index (κ3) is 5.72. The Morgan fingerprint density at radius 2 is 2.10 bits per heavy atom. The van der Waals surface area contributed by atoms with Crippen LogP contribution in [0.15, 0.2) is 0 Å². The van der Waals surface area contributed by atoms with E-state index in [-0.39, 0.29) is 0 Å². The maximum absolute atomic E-state index is 5.38. The van der Waals surface area contributed by atoms with Crippen LogP contribution in [0.4, 0.5) is 0 Å². The van der Waals surface area contributed by atoms with Crippen molar-refractivity contribution in [3.63, 3.8) is 0 Å². The number of hydrogen-bond acceptors (Lipinski definition) is 3. The van der Waals surface area contributed by atoms with Crippen LogP contribution in [0, 0.1) is 5.92 Å². The summed E-state index contributed by atoms with van der Waals surface area (Å²) in [6.45, 7) is 6.91. The lowest BCUT2D eigenvalue weighted by Crippen LogP contribution is -1.99. The van der Waals surface area contributed by atoms with Gasteiger partial charge in [0.25, 0.3) is 0 Å². The smallest absolute Gasteiger partial charge is 0.0516 e. The fraction of sp³-hybridized carbons (Fsp3) is 1.00. The summed E-state index contributed by atoms with van der Waals surface area (Å²) in [5.74, 6) is 0.539. The summed E-state index contributed by atoms with van der Waals surface area (Å²) >= 11 is 10.1. The van der Waals surface area contributed by atoms with Gasteiger partial charge in [0.15, 0.2) is 0 Å². The van der Waals surface area contributed by atoms with Crippen molar-refractivity contribution in [1.82, 2.24) is 0 Å². The van der Waals surface area contributed by atoms with E-state index in [0.29, 0.717) is 12.5 Å². The molecule has 0 fully saturated rings. The molecule has 0 spiro atoms. The first kappa shape index (κ1) is 11.0. The van der Waals surface area contributed by atoms with E-state index < -0.39 is 5.47 Å². The van der Waals surface area contributed by atoms with Crippen LogP contribution in [0.25, 0.3) is 0 Å². The van der Waals surface area contributed by atoms with Crippen LogP contribution in [-0.4, -0.2) is 12.8 Å². The van der Waals surface area contributed by atoms with E-state index in [1.807, 2.05) is 6.92 Å². The van der Waals surface area contributed by atoms with Gasteiger partial charge in [-0.2, -0.15) is 0 Å². The van der Waals surface area contributed by atoms with Gasteiger partial charge < -0.3 is 16.8 Å². The third-order valence-electron chi connectivity index (χ3n) is 0.992. The fourth-order valence-electron chi connectivity index (χ4n) is 0.354. The van der Waals surface area contributed by atoms with Gasteiger partial charge in [-0.3, -0.25) is 0 Å². The highest BCUT2D eigenvalue weighted by atomic mass is 32.9. The molecule has 0 amide bonds. The van der Waals surface area contributed by atoms with Crippen molar-refractivity contribution in [2.75, 3.05) is 12.8 Å². The first-order valence-corrected chi connectivity index (χ1v) is 7.34. The summed E-state index contributed by atoms with van der Waals surface area (Å²) in [5.41, 5.74) is -1.81. The Bertz CT molecular complexity index is 136. The first-order valence-electron chi connectivity index (χ1n) is 3.42. The molecule has 0 saturated carbocycles. The maximum Gasteiger partial charge on any atom is 0.0516 e. The molecule has 0 rings (SSSR count). The highest BCUT2D eigenvalue weighted by Gasteiger charge is 1.99. The molecule has 62 valence electrons. The lowest BCUT2D eigenvalue weighted by Gasteiger charge is -2.27. The van der Waals surface area contributed by atoms with Crippen molar-refractivity contribution in [2.24, 2.45) is 5.92 Å². The Labute approximate surface area is 73.8 Å². The van der Waals surface area contributed by atoms with E-state index in [1.54, 1.807) is 0 Å². The zero-order valence-electron chi connectivity index (χ0n) is 6.66. The fourth-order valence-corrected chi connectivity index (χ4v) is 1.43. The Balaban J connectivity index is 3.58. The summed E-state index contributed by atoms with van der Waals surface area (Å²) in [5, 5.41) is 0. The molecule has 0 aromatic carbocycles. The van der Waals surface area contributed by atoms with Crippen LogP contribution >= 0.6 is 5.47 Å². The summed E-state index contributed by atoms with van der Waals surface area (Å²) in [7, 11) is 0. The molecule has 0 aliphatic carbocycles. The van der Waals surface area contributed by atoms with Gasteiger partial charge in [0.1, 0.15) is 0 Å². The second-order valence-corrected chi connectivity index (χ2v) is 8.96. The van der Waals surface area contributed by atoms with E-state index in [1.165, 1.54) is 0 Å². The second kappa shape index (κ2) is 4.76. The molecular weight excluding hydrogens is 183 g/mol. The second-order valence-electron chi connectivity index (χ2n) is 2.62. The average Bonchev–Trinajstić information content (AvgIpc) is 1.85. The molecule has 1 nitrogen and oxygen atoms in total. The van der Waals surface area contributed by atoms with Crippen molar-refractivity contribution < 1.29 is 4.52 Å². The van der Waals surface area contributed by atoms with Gasteiger partial charge in [-0.05, 0) is 12.1 Å². The molecule has 1 unspecified atom stereocenters. The summed E-state index contributed by atoms with van der Waals surface area (Å²) < 4.78 is 5.38. The molecule has 0 aliphatic rings. The topological polar surface area (TPSA) is 9.23 Å². The number of hydrogen-bond donors (Lipinski definition) is 0. The molecule has 4 heteroatoms. The largest absolute Gasteiger partial charge is 0.719 e. The zero-order valence-corrected chi connectivity index (χ0v) is 9.19. The van der Waals surface area contributed by atoms with Crippen molar-refractivity contribution >= 4 is 29.5 Å². The monoisotopic (exact) mass is 197 g/mol. The Kier molecular flexibility index (Phi) is 5.22. The van der Waals surface area contributed by atoms with Crippen LogP contribution in [0.2, 0.25) is 0 Å². The maximum atomic E-state index is 5.38. The molecule has 1 atom stereocenters. The van der Waals surface area contributed by atoms with Gasteiger partial charge in [-0.1, -0.05) is 38.0 Å². The molecule has 0 saturated heterocycles.